The lowest BCUT2D eigenvalue weighted by atomic mass is 10.2. The second-order valence-electron chi connectivity index (χ2n) is 4.16. The molecule has 0 aliphatic carbocycles. The Bertz CT molecular complexity index is 576. The summed E-state index contributed by atoms with van der Waals surface area (Å²) in [6.07, 6.45) is 1.25. The number of furan rings is 1. The number of anilines is 1. The van der Waals surface area contributed by atoms with E-state index in [1.807, 2.05) is 36.2 Å². The Morgan fingerprint density at radius 1 is 1.42 bits per heavy atom. The molecule has 100 valence electrons. The Hall–Kier alpha value is -2.43. The summed E-state index contributed by atoms with van der Waals surface area (Å²) in [7, 11) is 3.52. The average molecular weight is 261 g/mol. The molecule has 1 aromatic carbocycles. The van der Waals surface area contributed by atoms with E-state index in [0.717, 1.165) is 11.4 Å². The normalized spacial score (nSPS) is 10.2. The van der Waals surface area contributed by atoms with Gasteiger partial charge in [0, 0.05) is 18.8 Å². The van der Waals surface area contributed by atoms with Crippen molar-refractivity contribution in [2.45, 2.75) is 6.54 Å². The van der Waals surface area contributed by atoms with E-state index in [-0.39, 0.29) is 5.56 Å². The van der Waals surface area contributed by atoms with Gasteiger partial charge in [0.2, 0.25) is 0 Å². The lowest BCUT2D eigenvalue weighted by Crippen LogP contribution is -2.15. The van der Waals surface area contributed by atoms with Crippen LogP contribution in [0.25, 0.3) is 0 Å². The zero-order chi connectivity index (χ0) is 13.8. The molecule has 0 aliphatic heterocycles. The van der Waals surface area contributed by atoms with E-state index < -0.39 is 5.97 Å². The van der Waals surface area contributed by atoms with E-state index in [1.54, 1.807) is 7.11 Å². The predicted octanol–water partition coefficient (Wildman–Crippen LogP) is 2.62. The molecular weight excluding hydrogens is 246 g/mol. The number of methoxy groups -OCH3 is 1. The fourth-order valence-corrected chi connectivity index (χ4v) is 1.75. The first kappa shape index (κ1) is 13.0. The highest BCUT2D eigenvalue weighted by Gasteiger charge is 2.10. The first-order valence-electron chi connectivity index (χ1n) is 5.76. The fraction of sp³-hybridized carbons (Fsp3) is 0.214. The van der Waals surface area contributed by atoms with E-state index in [0.29, 0.717) is 12.3 Å². The number of nitrogens with zero attached hydrogens (tertiary/aromatic N) is 1. The molecule has 0 saturated carbocycles. The minimum absolute atomic E-state index is 0.161. The number of carboxylic acid groups (broad SMARTS) is 1. The number of carbonyl (C=O) groups is 1. The molecule has 1 heterocycles. The molecule has 19 heavy (non-hydrogen) atoms. The monoisotopic (exact) mass is 261 g/mol. The molecule has 0 amide bonds. The molecule has 5 nitrogen and oxygen atoms in total. The van der Waals surface area contributed by atoms with Crippen LogP contribution in [0.4, 0.5) is 5.69 Å². The first-order valence-corrected chi connectivity index (χ1v) is 5.76. The second-order valence-corrected chi connectivity index (χ2v) is 4.16. The topological polar surface area (TPSA) is 62.9 Å². The molecular formula is C14H15NO4. The highest BCUT2D eigenvalue weighted by Crippen LogP contribution is 2.21. The summed E-state index contributed by atoms with van der Waals surface area (Å²) in [5.74, 6) is 0.386. The third-order valence-corrected chi connectivity index (χ3v) is 2.79. The highest BCUT2D eigenvalue weighted by molar-refractivity contribution is 5.87. The van der Waals surface area contributed by atoms with Crippen molar-refractivity contribution in [2.24, 2.45) is 0 Å². The van der Waals surface area contributed by atoms with Crippen molar-refractivity contribution >= 4 is 11.7 Å². The molecule has 2 aromatic rings. The van der Waals surface area contributed by atoms with Gasteiger partial charge in [0.25, 0.3) is 0 Å². The lowest BCUT2D eigenvalue weighted by Gasteiger charge is -2.18. The van der Waals surface area contributed by atoms with Gasteiger partial charge in [-0.2, -0.15) is 0 Å². The average Bonchev–Trinajstić information content (AvgIpc) is 2.87. The summed E-state index contributed by atoms with van der Waals surface area (Å²) in [5, 5.41) is 8.83. The van der Waals surface area contributed by atoms with Crippen LogP contribution in [-0.4, -0.2) is 25.2 Å². The predicted molar refractivity (Wildman–Crippen MR) is 70.8 cm³/mol. The van der Waals surface area contributed by atoms with Crippen LogP contribution >= 0.6 is 0 Å². The number of hydrogen-bond donors (Lipinski definition) is 1. The van der Waals surface area contributed by atoms with Crippen molar-refractivity contribution < 1.29 is 19.1 Å². The van der Waals surface area contributed by atoms with Gasteiger partial charge in [-0.15, -0.1) is 0 Å². The Morgan fingerprint density at radius 3 is 2.84 bits per heavy atom. The number of aromatic carboxylic acids is 1. The molecule has 0 saturated heterocycles. The summed E-state index contributed by atoms with van der Waals surface area (Å²) in [6.45, 7) is 0.487. The Labute approximate surface area is 111 Å². The van der Waals surface area contributed by atoms with Crippen molar-refractivity contribution in [1.82, 2.24) is 0 Å². The molecule has 1 aromatic heterocycles. The van der Waals surface area contributed by atoms with Crippen LogP contribution in [0, 0.1) is 0 Å². The number of hydrogen-bond acceptors (Lipinski definition) is 4. The molecule has 0 aliphatic rings. The Kier molecular flexibility index (Phi) is 3.75. The Balaban J connectivity index is 2.10. The van der Waals surface area contributed by atoms with Gasteiger partial charge < -0.3 is 19.2 Å². The van der Waals surface area contributed by atoms with Crippen molar-refractivity contribution in [3.63, 3.8) is 0 Å². The molecule has 0 atom stereocenters. The van der Waals surface area contributed by atoms with Crippen LogP contribution in [0.5, 0.6) is 5.75 Å². The zero-order valence-electron chi connectivity index (χ0n) is 10.8. The summed E-state index contributed by atoms with van der Waals surface area (Å²) in [4.78, 5) is 12.7. The van der Waals surface area contributed by atoms with Crippen LogP contribution < -0.4 is 9.64 Å². The van der Waals surface area contributed by atoms with Gasteiger partial charge in [0.1, 0.15) is 17.8 Å². The first-order chi connectivity index (χ1) is 9.10. The van der Waals surface area contributed by atoms with E-state index >= 15 is 0 Å². The van der Waals surface area contributed by atoms with Gasteiger partial charge in [0.15, 0.2) is 0 Å². The van der Waals surface area contributed by atoms with Gasteiger partial charge >= 0.3 is 5.97 Å². The summed E-state index contributed by atoms with van der Waals surface area (Å²) in [5.41, 5.74) is 1.13. The number of benzene rings is 1. The van der Waals surface area contributed by atoms with Crippen LogP contribution in [0.3, 0.4) is 0 Å². The van der Waals surface area contributed by atoms with Gasteiger partial charge in [-0.3, -0.25) is 0 Å². The van der Waals surface area contributed by atoms with Gasteiger partial charge in [0.05, 0.1) is 19.2 Å². The van der Waals surface area contributed by atoms with Gasteiger partial charge in [-0.1, -0.05) is 6.07 Å². The van der Waals surface area contributed by atoms with Crippen LogP contribution in [0.1, 0.15) is 16.1 Å². The molecule has 0 radical (unpaired) electrons. The molecule has 5 heteroatoms. The zero-order valence-corrected chi connectivity index (χ0v) is 10.8. The molecule has 2 rings (SSSR count). The maximum atomic E-state index is 10.8. The standard InChI is InChI=1S/C14H15NO4/c1-15(11-4-3-5-12(7-11)18-2)8-13-6-10(9-19-13)14(16)17/h3-7,9H,8H2,1-2H3,(H,16,17). The lowest BCUT2D eigenvalue weighted by molar-refractivity contribution is 0.0696. The third kappa shape index (κ3) is 3.07. The fourth-order valence-electron chi connectivity index (χ4n) is 1.75. The summed E-state index contributed by atoms with van der Waals surface area (Å²) < 4.78 is 10.4. The highest BCUT2D eigenvalue weighted by atomic mass is 16.5. The molecule has 0 bridgehead atoms. The van der Waals surface area contributed by atoms with Crippen molar-refractivity contribution in [2.75, 3.05) is 19.1 Å². The van der Waals surface area contributed by atoms with Gasteiger partial charge in [-0.05, 0) is 18.2 Å². The molecule has 1 N–H and O–H groups in total. The summed E-state index contributed by atoms with van der Waals surface area (Å²) >= 11 is 0. The second kappa shape index (κ2) is 5.48. The third-order valence-electron chi connectivity index (χ3n) is 2.79. The largest absolute Gasteiger partial charge is 0.497 e. The van der Waals surface area contributed by atoms with E-state index in [1.165, 1.54) is 12.3 Å². The molecule has 0 spiro atoms. The number of carboxylic acids is 1. The van der Waals surface area contributed by atoms with Crippen molar-refractivity contribution in [3.8, 4) is 5.75 Å². The summed E-state index contributed by atoms with van der Waals surface area (Å²) in [6, 6.07) is 9.14. The quantitative estimate of drug-likeness (QED) is 0.896. The molecule has 0 unspecified atom stereocenters. The van der Waals surface area contributed by atoms with Crippen LogP contribution in [0.2, 0.25) is 0 Å². The minimum Gasteiger partial charge on any atom is -0.497 e. The van der Waals surface area contributed by atoms with Crippen molar-refractivity contribution in [1.29, 1.82) is 0 Å². The number of ether oxygens (including phenoxy) is 1. The SMILES string of the molecule is COc1cccc(N(C)Cc2cc(C(=O)O)co2)c1. The Morgan fingerprint density at radius 2 is 2.21 bits per heavy atom. The van der Waals surface area contributed by atoms with E-state index in [9.17, 15) is 4.79 Å². The maximum absolute atomic E-state index is 10.8. The maximum Gasteiger partial charge on any atom is 0.338 e. The van der Waals surface area contributed by atoms with E-state index in [2.05, 4.69) is 0 Å². The molecule has 0 fully saturated rings. The van der Waals surface area contributed by atoms with Crippen LogP contribution in [-0.2, 0) is 6.54 Å². The smallest absolute Gasteiger partial charge is 0.338 e. The van der Waals surface area contributed by atoms with Crippen LogP contribution in [0.15, 0.2) is 41.0 Å². The minimum atomic E-state index is -0.987. The van der Waals surface area contributed by atoms with E-state index in [4.69, 9.17) is 14.3 Å². The van der Waals surface area contributed by atoms with Gasteiger partial charge in [-0.25, -0.2) is 4.79 Å². The number of rotatable bonds is 5. The van der Waals surface area contributed by atoms with Crippen molar-refractivity contribution in [3.05, 3.63) is 47.9 Å².